The van der Waals surface area contributed by atoms with E-state index in [4.69, 9.17) is 18.0 Å². The molecule has 16 heavy (non-hydrogen) atoms. The number of carbonyl (C=O) groups excluding carboxylic acids is 2. The molecule has 0 rings (SSSR count). The first-order chi connectivity index (χ1) is 7.31. The first kappa shape index (κ1) is 14.8. The molecule has 6 heteroatoms. The number of hydrogen-bond donors (Lipinski definition) is 2. The van der Waals surface area contributed by atoms with Crippen molar-refractivity contribution in [3.8, 4) is 0 Å². The maximum atomic E-state index is 12.0. The van der Waals surface area contributed by atoms with Crippen molar-refractivity contribution in [1.29, 1.82) is 0 Å². The average molecular weight is 245 g/mol. The van der Waals surface area contributed by atoms with Gasteiger partial charge in [-0.15, -0.1) is 0 Å². The molecule has 2 amide bonds. The van der Waals surface area contributed by atoms with Crippen LogP contribution in [0.3, 0.4) is 0 Å². The van der Waals surface area contributed by atoms with Gasteiger partial charge >= 0.3 is 0 Å². The van der Waals surface area contributed by atoms with Gasteiger partial charge in [0.15, 0.2) is 0 Å². The van der Waals surface area contributed by atoms with E-state index in [0.717, 1.165) is 0 Å². The number of nitrogens with two attached hydrogens (primary N) is 1. The molecule has 0 fully saturated rings. The third-order valence-corrected chi connectivity index (χ3v) is 2.53. The first-order valence-electron chi connectivity index (χ1n) is 5.06. The number of thiocarbonyl (C=S) groups is 1. The van der Waals surface area contributed by atoms with Crippen LogP contribution in [0.4, 0.5) is 0 Å². The highest BCUT2D eigenvalue weighted by Gasteiger charge is 2.28. The predicted octanol–water partition coefficient (Wildman–Crippen LogP) is -0.251. The third kappa shape index (κ3) is 4.14. The zero-order chi connectivity index (χ0) is 12.9. The number of nitrogens with zero attached hydrogens (tertiary/aromatic N) is 1. The highest BCUT2D eigenvalue weighted by atomic mass is 32.1. The number of nitrogens with one attached hydrogen (secondary N) is 1. The van der Waals surface area contributed by atoms with E-state index >= 15 is 0 Å². The Morgan fingerprint density at radius 2 is 1.94 bits per heavy atom. The molecule has 0 saturated carbocycles. The van der Waals surface area contributed by atoms with E-state index in [2.05, 4.69) is 5.32 Å². The van der Waals surface area contributed by atoms with Crippen molar-refractivity contribution in [1.82, 2.24) is 10.2 Å². The van der Waals surface area contributed by atoms with Gasteiger partial charge in [-0.05, 0) is 5.92 Å². The maximum absolute atomic E-state index is 12.0. The minimum absolute atomic E-state index is 0.0150. The van der Waals surface area contributed by atoms with E-state index < -0.39 is 5.92 Å². The highest BCUT2D eigenvalue weighted by molar-refractivity contribution is 7.80. The summed E-state index contributed by atoms with van der Waals surface area (Å²) in [6.07, 6.45) is 0. The molecule has 0 aromatic carbocycles. The largest absolute Gasteiger partial charge is 0.393 e. The van der Waals surface area contributed by atoms with Gasteiger partial charge in [0.1, 0.15) is 0 Å². The highest BCUT2D eigenvalue weighted by Crippen LogP contribution is 2.14. The van der Waals surface area contributed by atoms with Crippen molar-refractivity contribution < 1.29 is 9.59 Å². The summed E-state index contributed by atoms with van der Waals surface area (Å²) in [5.74, 6) is -0.922. The Labute approximate surface area is 101 Å². The maximum Gasteiger partial charge on any atom is 0.239 e. The number of carbonyl (C=O) groups is 2. The van der Waals surface area contributed by atoms with Crippen LogP contribution in [0, 0.1) is 11.8 Å². The lowest BCUT2D eigenvalue weighted by Gasteiger charge is -2.24. The molecular weight excluding hydrogens is 226 g/mol. The molecule has 0 bridgehead atoms. The summed E-state index contributed by atoms with van der Waals surface area (Å²) in [5.41, 5.74) is 5.52. The molecule has 0 aromatic heterocycles. The van der Waals surface area contributed by atoms with Crippen molar-refractivity contribution in [3.63, 3.8) is 0 Å². The quantitative estimate of drug-likeness (QED) is 0.655. The van der Waals surface area contributed by atoms with E-state index in [1.54, 1.807) is 7.05 Å². The molecule has 3 N–H and O–H groups in total. The first-order valence-corrected chi connectivity index (χ1v) is 5.47. The molecule has 0 aromatic rings. The Hall–Kier alpha value is -1.17. The monoisotopic (exact) mass is 245 g/mol. The van der Waals surface area contributed by atoms with E-state index in [-0.39, 0.29) is 29.3 Å². The van der Waals surface area contributed by atoms with Gasteiger partial charge in [0, 0.05) is 14.1 Å². The van der Waals surface area contributed by atoms with Gasteiger partial charge in [-0.3, -0.25) is 9.59 Å². The van der Waals surface area contributed by atoms with Crippen molar-refractivity contribution >= 4 is 29.0 Å². The van der Waals surface area contributed by atoms with Crippen molar-refractivity contribution in [2.45, 2.75) is 13.8 Å². The van der Waals surface area contributed by atoms with Crippen molar-refractivity contribution in [2.75, 3.05) is 20.6 Å². The molecule has 0 radical (unpaired) electrons. The minimum atomic E-state index is -0.510. The molecule has 1 unspecified atom stereocenters. The molecule has 0 spiro atoms. The molecular formula is C10H19N3O2S. The molecule has 5 nitrogen and oxygen atoms in total. The van der Waals surface area contributed by atoms with Crippen LogP contribution in [0.1, 0.15) is 13.8 Å². The van der Waals surface area contributed by atoms with E-state index in [1.807, 2.05) is 13.8 Å². The van der Waals surface area contributed by atoms with Crippen LogP contribution in [-0.2, 0) is 9.59 Å². The zero-order valence-electron chi connectivity index (χ0n) is 10.1. The lowest BCUT2D eigenvalue weighted by atomic mass is 9.94. The zero-order valence-corrected chi connectivity index (χ0v) is 10.9. The molecule has 1 atom stereocenters. The second kappa shape index (κ2) is 6.42. The van der Waals surface area contributed by atoms with Crippen LogP contribution >= 0.6 is 12.2 Å². The van der Waals surface area contributed by atoms with Gasteiger partial charge < -0.3 is 16.0 Å². The average Bonchev–Trinajstić information content (AvgIpc) is 2.16. The van der Waals surface area contributed by atoms with Gasteiger partial charge in [-0.25, -0.2) is 0 Å². The van der Waals surface area contributed by atoms with Gasteiger partial charge in [0.05, 0.1) is 17.5 Å². The summed E-state index contributed by atoms with van der Waals surface area (Å²) >= 11 is 4.86. The lowest BCUT2D eigenvalue weighted by molar-refractivity contribution is -0.137. The fourth-order valence-electron chi connectivity index (χ4n) is 1.35. The molecule has 0 aliphatic carbocycles. The summed E-state index contributed by atoms with van der Waals surface area (Å²) in [6.45, 7) is 3.76. The predicted molar refractivity (Wildman–Crippen MR) is 66.8 cm³/mol. The molecule has 0 aliphatic rings. The van der Waals surface area contributed by atoms with E-state index in [9.17, 15) is 9.59 Å². The Bertz CT molecular complexity index is 292. The van der Waals surface area contributed by atoms with Gasteiger partial charge in [0.25, 0.3) is 0 Å². The minimum Gasteiger partial charge on any atom is -0.393 e. The topological polar surface area (TPSA) is 75.4 Å². The molecule has 0 saturated heterocycles. The van der Waals surface area contributed by atoms with Gasteiger partial charge in [0.2, 0.25) is 11.8 Å². The summed E-state index contributed by atoms with van der Waals surface area (Å²) in [6, 6.07) is 0. The van der Waals surface area contributed by atoms with Crippen molar-refractivity contribution in [3.05, 3.63) is 0 Å². The Balaban J connectivity index is 4.62. The summed E-state index contributed by atoms with van der Waals surface area (Å²) < 4.78 is 0. The SMILES string of the molecule is CNC(=O)CN(C)C(=O)C(C(N)=S)C(C)C. The molecule has 92 valence electrons. The summed E-state index contributed by atoms with van der Waals surface area (Å²) in [5, 5.41) is 2.45. The van der Waals surface area contributed by atoms with Crippen molar-refractivity contribution in [2.24, 2.45) is 17.6 Å². The molecule has 0 aliphatic heterocycles. The van der Waals surface area contributed by atoms with Gasteiger partial charge in [-0.1, -0.05) is 26.1 Å². The number of hydrogen-bond acceptors (Lipinski definition) is 3. The van der Waals surface area contributed by atoms with Gasteiger partial charge in [-0.2, -0.15) is 0 Å². The summed E-state index contributed by atoms with van der Waals surface area (Å²) in [7, 11) is 3.08. The van der Waals surface area contributed by atoms with E-state index in [0.29, 0.717) is 0 Å². The lowest BCUT2D eigenvalue weighted by Crippen LogP contribution is -2.45. The van der Waals surface area contributed by atoms with Crippen LogP contribution in [0.5, 0.6) is 0 Å². The number of rotatable bonds is 5. The van der Waals surface area contributed by atoms with Crippen LogP contribution in [0.25, 0.3) is 0 Å². The Morgan fingerprint density at radius 1 is 1.44 bits per heavy atom. The normalized spacial score (nSPS) is 12.1. The fraction of sp³-hybridized carbons (Fsp3) is 0.700. The Kier molecular flexibility index (Phi) is 5.95. The van der Waals surface area contributed by atoms with E-state index in [1.165, 1.54) is 11.9 Å². The van der Waals surface area contributed by atoms with Crippen LogP contribution in [0.15, 0.2) is 0 Å². The molecule has 0 heterocycles. The number of likely N-dealkylation sites (N-methyl/N-ethyl adjacent to an activating group) is 2. The Morgan fingerprint density at radius 3 is 2.25 bits per heavy atom. The standard InChI is InChI=1S/C10H19N3O2S/c1-6(2)8(9(11)16)10(15)13(4)5-7(14)12-3/h6,8H,5H2,1-4H3,(H2,11,16)(H,12,14). The second-order valence-corrected chi connectivity index (χ2v) is 4.46. The summed E-state index contributed by atoms with van der Waals surface area (Å²) in [4.78, 5) is 24.6. The number of amides is 2. The van der Waals surface area contributed by atoms with Crippen LogP contribution < -0.4 is 11.1 Å². The second-order valence-electron chi connectivity index (χ2n) is 3.99. The fourth-order valence-corrected chi connectivity index (χ4v) is 1.72. The smallest absolute Gasteiger partial charge is 0.239 e. The van der Waals surface area contributed by atoms with Crippen LogP contribution in [-0.4, -0.2) is 42.3 Å². The van der Waals surface area contributed by atoms with Crippen LogP contribution in [0.2, 0.25) is 0 Å². The third-order valence-electron chi connectivity index (χ3n) is 2.28.